The topological polar surface area (TPSA) is 12.0 Å². The molecule has 0 amide bonds. The van der Waals surface area contributed by atoms with Crippen molar-refractivity contribution in [3.05, 3.63) is 35.9 Å². The third kappa shape index (κ3) is 1.37. The highest BCUT2D eigenvalue weighted by atomic mass is 14.9. The van der Waals surface area contributed by atoms with Crippen LogP contribution < -0.4 is 5.32 Å². The van der Waals surface area contributed by atoms with Gasteiger partial charge in [-0.2, -0.15) is 0 Å². The summed E-state index contributed by atoms with van der Waals surface area (Å²) in [6.07, 6.45) is 2.61. The highest BCUT2D eigenvalue weighted by Gasteiger charge is 2.28. The number of benzene rings is 1. The summed E-state index contributed by atoms with van der Waals surface area (Å²) in [5.74, 6) is 0.809. The van der Waals surface area contributed by atoms with E-state index in [1.165, 1.54) is 18.4 Å². The van der Waals surface area contributed by atoms with E-state index in [9.17, 15) is 0 Å². The fourth-order valence-corrected chi connectivity index (χ4v) is 1.85. The fourth-order valence-electron chi connectivity index (χ4n) is 1.85. The molecule has 12 heavy (non-hydrogen) atoms. The Bertz CT molecular complexity index is 242. The Morgan fingerprint density at radius 2 is 1.92 bits per heavy atom. The molecule has 0 radical (unpaired) electrons. The second-order valence-corrected chi connectivity index (χ2v) is 3.56. The molecule has 1 N–H and O–H groups in total. The van der Waals surface area contributed by atoms with Crippen molar-refractivity contribution in [1.82, 2.24) is 5.32 Å². The van der Waals surface area contributed by atoms with Gasteiger partial charge in [0.15, 0.2) is 0 Å². The molecule has 66 valence electrons. The predicted octanol–water partition coefficient (Wildman–Crippen LogP) is 2.40. The molecular formula is C11H17N. The van der Waals surface area contributed by atoms with E-state index in [2.05, 4.69) is 35.6 Å². The molecule has 2 rings (SSSR count). The van der Waals surface area contributed by atoms with Crippen LogP contribution in [0.25, 0.3) is 0 Å². The molecular weight excluding hydrogens is 146 g/mol. The lowest BCUT2D eigenvalue weighted by atomic mass is 9.76. The van der Waals surface area contributed by atoms with Gasteiger partial charge in [0.1, 0.15) is 0 Å². The van der Waals surface area contributed by atoms with Crippen LogP contribution in [0.1, 0.15) is 25.7 Å². The molecule has 1 heteroatoms. The van der Waals surface area contributed by atoms with E-state index in [1.54, 1.807) is 0 Å². The summed E-state index contributed by atoms with van der Waals surface area (Å²) >= 11 is 0. The van der Waals surface area contributed by atoms with Crippen molar-refractivity contribution in [3.8, 4) is 0 Å². The first-order chi connectivity index (χ1) is 5.90. The maximum absolute atomic E-state index is 3.30. The van der Waals surface area contributed by atoms with Crippen molar-refractivity contribution in [2.24, 2.45) is 0 Å². The summed E-state index contributed by atoms with van der Waals surface area (Å²) in [5.41, 5.74) is 1.50. The number of hydrogen-bond acceptors (Lipinski definition) is 1. The highest BCUT2D eigenvalue weighted by molar-refractivity contribution is 5.22. The quantitative estimate of drug-likeness (QED) is 0.706. The molecule has 0 spiro atoms. The first kappa shape index (κ1) is 7.81. The maximum atomic E-state index is 3.30. The molecule has 1 fully saturated rings. The normalized spacial score (nSPS) is 28.1. The zero-order valence-corrected chi connectivity index (χ0v) is 7.46. The van der Waals surface area contributed by atoms with E-state index in [4.69, 9.17) is 0 Å². The average Bonchev–Trinajstić information content (AvgIpc) is 2.04. The SMILES string of the molecule is CNC1CC(c2ccccc2)C1.[HH]. The van der Waals surface area contributed by atoms with Crippen LogP contribution in [-0.4, -0.2) is 13.1 Å². The molecule has 0 saturated heterocycles. The molecule has 1 aliphatic carbocycles. The summed E-state index contributed by atoms with van der Waals surface area (Å²) < 4.78 is 0. The van der Waals surface area contributed by atoms with Crippen molar-refractivity contribution < 1.29 is 1.43 Å². The Hall–Kier alpha value is -0.820. The van der Waals surface area contributed by atoms with Crippen LogP contribution in [-0.2, 0) is 0 Å². The lowest BCUT2D eigenvalue weighted by molar-refractivity contribution is 0.307. The Balaban J connectivity index is 0.000000845. The van der Waals surface area contributed by atoms with Gasteiger partial charge < -0.3 is 5.32 Å². The van der Waals surface area contributed by atoms with E-state index in [0.717, 1.165) is 12.0 Å². The van der Waals surface area contributed by atoms with Gasteiger partial charge in [-0.05, 0) is 31.4 Å². The van der Waals surface area contributed by atoms with Gasteiger partial charge in [-0.25, -0.2) is 0 Å². The largest absolute Gasteiger partial charge is 0.317 e. The Morgan fingerprint density at radius 1 is 1.25 bits per heavy atom. The van der Waals surface area contributed by atoms with Crippen LogP contribution in [0.2, 0.25) is 0 Å². The predicted molar refractivity (Wildman–Crippen MR) is 53.4 cm³/mol. The Labute approximate surface area is 75.3 Å². The molecule has 0 unspecified atom stereocenters. The zero-order chi connectivity index (χ0) is 8.39. The first-order valence-corrected chi connectivity index (χ1v) is 4.62. The molecule has 0 atom stereocenters. The van der Waals surface area contributed by atoms with Gasteiger partial charge in [0, 0.05) is 7.47 Å². The van der Waals surface area contributed by atoms with Crippen LogP contribution in [0, 0.1) is 0 Å². The summed E-state index contributed by atoms with van der Waals surface area (Å²) in [5, 5.41) is 3.30. The molecule has 1 nitrogen and oxygen atoms in total. The van der Waals surface area contributed by atoms with Crippen molar-refractivity contribution in [1.29, 1.82) is 0 Å². The van der Waals surface area contributed by atoms with Crippen molar-refractivity contribution >= 4 is 0 Å². The minimum Gasteiger partial charge on any atom is -0.317 e. The van der Waals surface area contributed by atoms with Gasteiger partial charge in [-0.3, -0.25) is 0 Å². The zero-order valence-electron chi connectivity index (χ0n) is 7.46. The second-order valence-electron chi connectivity index (χ2n) is 3.56. The van der Waals surface area contributed by atoms with Crippen molar-refractivity contribution in [3.63, 3.8) is 0 Å². The Morgan fingerprint density at radius 3 is 2.50 bits per heavy atom. The minimum absolute atomic E-state index is 0. The van der Waals surface area contributed by atoms with Crippen LogP contribution in [0.15, 0.2) is 30.3 Å². The van der Waals surface area contributed by atoms with Crippen LogP contribution >= 0.6 is 0 Å². The van der Waals surface area contributed by atoms with E-state index >= 15 is 0 Å². The lowest BCUT2D eigenvalue weighted by Gasteiger charge is -2.35. The Kier molecular flexibility index (Phi) is 2.13. The highest BCUT2D eigenvalue weighted by Crippen LogP contribution is 2.36. The smallest absolute Gasteiger partial charge is 0.00757 e. The van der Waals surface area contributed by atoms with Gasteiger partial charge in [-0.15, -0.1) is 0 Å². The van der Waals surface area contributed by atoms with Gasteiger partial charge in [0.25, 0.3) is 0 Å². The summed E-state index contributed by atoms with van der Waals surface area (Å²) in [6.45, 7) is 0. The molecule has 1 aromatic carbocycles. The molecule has 0 bridgehead atoms. The van der Waals surface area contributed by atoms with E-state index in [0.29, 0.717) is 0 Å². The number of nitrogens with one attached hydrogen (secondary N) is 1. The second kappa shape index (κ2) is 3.28. The first-order valence-electron chi connectivity index (χ1n) is 4.62. The third-order valence-electron chi connectivity index (χ3n) is 2.82. The summed E-state index contributed by atoms with van der Waals surface area (Å²) in [7, 11) is 2.05. The monoisotopic (exact) mass is 163 g/mol. The number of hydrogen-bond donors (Lipinski definition) is 1. The minimum atomic E-state index is 0. The molecule has 0 aromatic heterocycles. The van der Waals surface area contributed by atoms with Crippen molar-refractivity contribution in [2.45, 2.75) is 24.8 Å². The standard InChI is InChI=1S/C11H15N.H2/c1-12-11-7-10(8-11)9-5-3-2-4-6-9;/h2-6,10-12H,7-8H2,1H3;1H. The van der Waals surface area contributed by atoms with Crippen LogP contribution in [0.5, 0.6) is 0 Å². The molecule has 1 aromatic rings. The molecule has 1 aliphatic rings. The summed E-state index contributed by atoms with van der Waals surface area (Å²) in [6, 6.07) is 11.6. The summed E-state index contributed by atoms with van der Waals surface area (Å²) in [4.78, 5) is 0. The molecule has 1 saturated carbocycles. The van der Waals surface area contributed by atoms with Crippen LogP contribution in [0.4, 0.5) is 0 Å². The molecule has 0 aliphatic heterocycles. The third-order valence-corrected chi connectivity index (χ3v) is 2.82. The van der Waals surface area contributed by atoms with Gasteiger partial charge in [0.05, 0.1) is 0 Å². The van der Waals surface area contributed by atoms with Gasteiger partial charge in [-0.1, -0.05) is 30.3 Å². The van der Waals surface area contributed by atoms with Crippen molar-refractivity contribution in [2.75, 3.05) is 7.05 Å². The fraction of sp³-hybridized carbons (Fsp3) is 0.455. The lowest BCUT2D eigenvalue weighted by Crippen LogP contribution is -2.37. The molecule has 0 heterocycles. The average molecular weight is 163 g/mol. The van der Waals surface area contributed by atoms with Gasteiger partial charge in [0.2, 0.25) is 0 Å². The van der Waals surface area contributed by atoms with E-state index < -0.39 is 0 Å². The van der Waals surface area contributed by atoms with Crippen LogP contribution in [0.3, 0.4) is 0 Å². The maximum Gasteiger partial charge on any atom is 0.00757 e. The van der Waals surface area contributed by atoms with E-state index in [-0.39, 0.29) is 1.43 Å². The van der Waals surface area contributed by atoms with Gasteiger partial charge >= 0.3 is 0 Å². The number of rotatable bonds is 2. The van der Waals surface area contributed by atoms with E-state index in [1.807, 2.05) is 7.05 Å².